The summed E-state index contributed by atoms with van der Waals surface area (Å²) in [5, 5.41) is 0. The van der Waals surface area contributed by atoms with Crippen molar-refractivity contribution in [2.75, 3.05) is 34.3 Å². The van der Waals surface area contributed by atoms with Gasteiger partial charge in [0.05, 0.1) is 21.1 Å². The molecule has 8 heteroatoms. The van der Waals surface area contributed by atoms with Crippen molar-refractivity contribution in [3.05, 3.63) is 12.7 Å². The Kier molecular flexibility index (Phi) is 7.29. The summed E-state index contributed by atoms with van der Waals surface area (Å²) in [6.07, 6.45) is -0.106. The van der Waals surface area contributed by atoms with Gasteiger partial charge in [0.2, 0.25) is 0 Å². The van der Waals surface area contributed by atoms with Crippen LogP contribution >= 0.6 is 7.82 Å². The Morgan fingerprint density at radius 2 is 2.05 bits per heavy atom. The fraction of sp³-hybridized carbons (Fsp3) is 0.727. The quantitative estimate of drug-likeness (QED) is 0.290. The van der Waals surface area contributed by atoms with Gasteiger partial charge in [0.25, 0.3) is 0 Å². The van der Waals surface area contributed by atoms with Crippen LogP contribution in [0.4, 0.5) is 4.79 Å². The molecule has 0 saturated carbocycles. The Balaban J connectivity index is 4.43. The average Bonchev–Trinajstić information content (AvgIpc) is 2.22. The third-order valence-corrected chi connectivity index (χ3v) is 2.92. The van der Waals surface area contributed by atoms with E-state index >= 15 is 0 Å². The van der Waals surface area contributed by atoms with Gasteiger partial charge in [-0.05, 0) is 6.42 Å². The molecule has 0 radical (unpaired) electrons. The minimum absolute atomic E-state index is 0.130. The van der Waals surface area contributed by atoms with Crippen LogP contribution in [0.25, 0.3) is 0 Å². The van der Waals surface area contributed by atoms with Gasteiger partial charge >= 0.3 is 14.0 Å². The summed E-state index contributed by atoms with van der Waals surface area (Å²) in [5.41, 5.74) is 0. The number of nitrogens with zero attached hydrogens (tertiary/aromatic N) is 1. The first-order valence-corrected chi connectivity index (χ1v) is 7.33. The van der Waals surface area contributed by atoms with Crippen molar-refractivity contribution >= 4 is 14.0 Å². The van der Waals surface area contributed by atoms with Gasteiger partial charge in [0, 0.05) is 0 Å². The summed E-state index contributed by atoms with van der Waals surface area (Å²) in [5.74, 6) is 0. The van der Waals surface area contributed by atoms with Gasteiger partial charge in [-0.2, -0.15) is 0 Å². The second kappa shape index (κ2) is 7.65. The molecule has 0 aliphatic heterocycles. The fourth-order valence-corrected chi connectivity index (χ4v) is 2.16. The molecule has 0 saturated heterocycles. The van der Waals surface area contributed by atoms with E-state index in [1.54, 1.807) is 6.92 Å². The second-order valence-corrected chi connectivity index (χ2v) is 6.28. The molecular formula is C11H22NO6P. The highest BCUT2D eigenvalue weighted by Gasteiger charge is 2.25. The lowest BCUT2D eigenvalue weighted by molar-refractivity contribution is -0.873. The van der Waals surface area contributed by atoms with Crippen LogP contribution in [0.15, 0.2) is 12.7 Å². The first kappa shape index (κ1) is 18.1. The van der Waals surface area contributed by atoms with Crippen molar-refractivity contribution < 1.29 is 32.5 Å². The van der Waals surface area contributed by atoms with Crippen molar-refractivity contribution in [3.63, 3.8) is 0 Å². The third-order valence-electron chi connectivity index (χ3n) is 1.99. The van der Waals surface area contributed by atoms with Gasteiger partial charge in [-0.1, -0.05) is 19.6 Å². The third kappa shape index (κ3) is 9.67. The van der Waals surface area contributed by atoms with E-state index in [9.17, 15) is 14.3 Å². The number of rotatable bonds is 8. The van der Waals surface area contributed by atoms with Gasteiger partial charge in [-0.25, -0.2) is 4.79 Å². The van der Waals surface area contributed by atoms with Crippen LogP contribution in [0.1, 0.15) is 13.3 Å². The smallest absolute Gasteiger partial charge is 0.514 e. The minimum Gasteiger partial charge on any atom is -0.746 e. The lowest BCUT2D eigenvalue weighted by atomic mass is 10.2. The first-order chi connectivity index (χ1) is 8.59. The van der Waals surface area contributed by atoms with Gasteiger partial charge in [-0.3, -0.25) is 4.57 Å². The zero-order chi connectivity index (χ0) is 15.1. The highest BCUT2D eigenvalue weighted by molar-refractivity contribution is 7.46. The molecule has 2 unspecified atom stereocenters. The highest BCUT2D eigenvalue weighted by Crippen LogP contribution is 2.41. The summed E-state index contributed by atoms with van der Waals surface area (Å²) < 4.78 is 25.4. The Morgan fingerprint density at radius 3 is 2.47 bits per heavy atom. The topological polar surface area (TPSA) is 84.9 Å². The van der Waals surface area contributed by atoms with Crippen LogP contribution in [0.5, 0.6) is 0 Å². The number of hydrogen-bond acceptors (Lipinski definition) is 6. The minimum atomic E-state index is -4.72. The van der Waals surface area contributed by atoms with Crippen molar-refractivity contribution in [3.8, 4) is 0 Å². The van der Waals surface area contributed by atoms with E-state index in [0.29, 0.717) is 17.4 Å². The largest absolute Gasteiger partial charge is 0.746 e. The lowest BCUT2D eigenvalue weighted by Gasteiger charge is -2.31. The van der Waals surface area contributed by atoms with Crippen molar-refractivity contribution in [2.45, 2.75) is 19.4 Å². The second-order valence-electron chi connectivity index (χ2n) is 5.00. The Bertz CT molecular complexity index is 352. The molecule has 0 aliphatic rings. The van der Waals surface area contributed by atoms with Crippen LogP contribution in [-0.2, 0) is 18.3 Å². The van der Waals surface area contributed by atoms with Gasteiger partial charge in [0.1, 0.15) is 19.3 Å². The van der Waals surface area contributed by atoms with Crippen molar-refractivity contribution in [1.82, 2.24) is 0 Å². The monoisotopic (exact) mass is 295 g/mol. The predicted molar refractivity (Wildman–Crippen MR) is 68.3 cm³/mol. The van der Waals surface area contributed by atoms with E-state index in [1.165, 1.54) is 6.08 Å². The summed E-state index contributed by atoms with van der Waals surface area (Å²) in [6.45, 7) is 5.44. The number of phosphoric acid groups is 1. The summed E-state index contributed by atoms with van der Waals surface area (Å²) in [4.78, 5) is 22.5. The maximum Gasteiger partial charge on any atom is 0.514 e. The van der Waals surface area contributed by atoms with Crippen molar-refractivity contribution in [2.24, 2.45) is 0 Å². The molecule has 0 aliphatic carbocycles. The van der Waals surface area contributed by atoms with Crippen molar-refractivity contribution in [1.29, 1.82) is 0 Å². The molecule has 0 aromatic heterocycles. The maximum absolute atomic E-state index is 11.5. The SMILES string of the molecule is C=CCOC(=O)OP(=O)([O-])OC(CC)C[N+](C)(C)C. The Labute approximate surface area is 114 Å². The molecule has 7 nitrogen and oxygen atoms in total. The van der Waals surface area contributed by atoms with E-state index in [2.05, 4.69) is 15.8 Å². The highest BCUT2D eigenvalue weighted by atomic mass is 31.2. The van der Waals surface area contributed by atoms with E-state index in [4.69, 9.17) is 4.52 Å². The van der Waals surface area contributed by atoms with Gasteiger partial charge < -0.3 is 23.2 Å². The van der Waals surface area contributed by atoms with Crippen LogP contribution < -0.4 is 4.89 Å². The van der Waals surface area contributed by atoms with Crippen LogP contribution in [-0.4, -0.2) is 51.0 Å². The standard InChI is InChI=1S/C11H22NO6P/c1-6-8-16-11(13)18-19(14,15)17-10(7-2)9-12(3,4)5/h6,10H,1,7-9H2,2-5H3. The molecule has 0 aromatic rings. The molecule has 0 aromatic carbocycles. The number of carbonyl (C=O) groups excluding carboxylic acids is 1. The molecule has 2 atom stereocenters. The van der Waals surface area contributed by atoms with E-state index in [-0.39, 0.29) is 6.61 Å². The summed E-state index contributed by atoms with van der Waals surface area (Å²) in [7, 11) is 0.995. The van der Waals surface area contributed by atoms with Gasteiger partial charge in [0.15, 0.2) is 0 Å². The molecule has 19 heavy (non-hydrogen) atoms. The maximum atomic E-state index is 11.5. The zero-order valence-corrected chi connectivity index (χ0v) is 12.7. The summed E-state index contributed by atoms with van der Waals surface area (Å²) in [6, 6.07) is 0. The predicted octanol–water partition coefficient (Wildman–Crippen LogP) is 1.30. The number of ether oxygens (including phenoxy) is 1. The number of carbonyl (C=O) groups is 1. The zero-order valence-electron chi connectivity index (χ0n) is 11.8. The molecular weight excluding hydrogens is 273 g/mol. The van der Waals surface area contributed by atoms with E-state index in [0.717, 1.165) is 0 Å². The van der Waals surface area contributed by atoms with E-state index < -0.39 is 20.1 Å². The normalized spacial score (nSPS) is 16.3. The number of hydrogen-bond donors (Lipinski definition) is 0. The van der Waals surface area contributed by atoms with Crippen LogP contribution in [0, 0.1) is 0 Å². The lowest BCUT2D eigenvalue weighted by Crippen LogP contribution is -2.42. The molecule has 0 heterocycles. The Hall–Kier alpha value is -0.880. The van der Waals surface area contributed by atoms with Crippen LogP contribution in [0.2, 0.25) is 0 Å². The average molecular weight is 295 g/mol. The molecule has 0 N–H and O–H groups in total. The molecule has 112 valence electrons. The van der Waals surface area contributed by atoms with E-state index in [1.807, 2.05) is 21.1 Å². The fourth-order valence-electron chi connectivity index (χ4n) is 1.30. The number of likely N-dealkylation sites (N-methyl/N-ethyl adjacent to an activating group) is 1. The molecule has 0 bridgehead atoms. The van der Waals surface area contributed by atoms with Gasteiger partial charge in [-0.15, -0.1) is 0 Å². The molecule has 0 rings (SSSR count). The van der Waals surface area contributed by atoms with Crippen LogP contribution in [0.3, 0.4) is 0 Å². The number of quaternary nitrogens is 1. The first-order valence-electron chi connectivity index (χ1n) is 5.87. The Morgan fingerprint density at radius 1 is 1.47 bits per heavy atom. The summed E-state index contributed by atoms with van der Waals surface area (Å²) >= 11 is 0. The molecule has 0 fully saturated rings. The molecule has 0 spiro atoms. The molecule has 0 amide bonds. The number of phosphoric ester groups is 1.